The van der Waals surface area contributed by atoms with Crippen molar-refractivity contribution >= 4 is 21.9 Å². The fourth-order valence-electron chi connectivity index (χ4n) is 8.93. The van der Waals surface area contributed by atoms with Gasteiger partial charge in [0.05, 0.1) is 0 Å². The Morgan fingerprint density at radius 2 is 0.536 bits per heavy atom. The first-order chi connectivity index (χ1) is 33.5. The van der Waals surface area contributed by atoms with Crippen molar-refractivity contribution in [1.29, 1.82) is 0 Å². The summed E-state index contributed by atoms with van der Waals surface area (Å²) in [5.41, 5.74) is 12.8. The van der Waals surface area contributed by atoms with Gasteiger partial charge in [0.2, 0.25) is 0 Å². The Bertz CT molecular complexity index is 3310. The minimum atomic E-state index is -0.196. The fraction of sp³-hybridized carbons (Fsp3) is 0.129. The maximum Gasteiger partial charge on any atom is 0.164 e. The van der Waals surface area contributed by atoms with Crippen molar-refractivity contribution in [3.8, 4) is 90.6 Å². The summed E-state index contributed by atoms with van der Waals surface area (Å²) >= 11 is 0. The van der Waals surface area contributed by atoms with Crippen LogP contribution in [0.1, 0.15) is 52.7 Å². The summed E-state index contributed by atoms with van der Waals surface area (Å²) in [6.45, 7) is 13.6. The van der Waals surface area contributed by atoms with Crippen molar-refractivity contribution in [2.24, 2.45) is 0 Å². The Balaban J connectivity index is 1.17. The lowest BCUT2D eigenvalue weighted by molar-refractivity contribution is 0.590. The molecule has 0 amide bonds. The van der Waals surface area contributed by atoms with Crippen LogP contribution in [0, 0.1) is 0 Å². The van der Waals surface area contributed by atoms with Crippen LogP contribution < -0.4 is 0 Å². The van der Waals surface area contributed by atoms with E-state index in [0.717, 1.165) is 77.6 Å². The molecule has 0 aliphatic carbocycles. The first-order valence-corrected chi connectivity index (χ1v) is 23.4. The van der Waals surface area contributed by atoms with E-state index in [4.69, 9.17) is 34.3 Å². The van der Waals surface area contributed by atoms with Crippen molar-refractivity contribution in [3.05, 3.63) is 205 Å². The van der Waals surface area contributed by atoms with E-state index in [1.165, 1.54) is 11.1 Å². The average Bonchev–Trinajstić information content (AvgIpc) is 3.77. The number of hydrogen-bond acceptors (Lipinski definition) is 7. The molecule has 0 N–H and O–H groups in total. The third kappa shape index (κ3) is 8.37. The molecule has 0 aliphatic heterocycles. The van der Waals surface area contributed by atoms with Crippen molar-refractivity contribution in [1.82, 2.24) is 29.9 Å². The van der Waals surface area contributed by atoms with Crippen molar-refractivity contribution in [3.63, 3.8) is 0 Å². The molecular weight excluding hydrogens is 845 g/mol. The molecule has 0 fully saturated rings. The largest absolute Gasteiger partial charge is 0.455 e. The van der Waals surface area contributed by atoms with Gasteiger partial charge in [-0.15, -0.1) is 0 Å². The molecule has 7 heteroatoms. The second kappa shape index (κ2) is 17.3. The number of fused-ring (bicyclic) bond motifs is 3. The van der Waals surface area contributed by atoms with Gasteiger partial charge in [0.1, 0.15) is 11.2 Å². The van der Waals surface area contributed by atoms with Gasteiger partial charge in [-0.2, -0.15) is 0 Å². The third-order valence-electron chi connectivity index (χ3n) is 12.7. The maximum atomic E-state index is 7.41. The number of benzene rings is 8. The van der Waals surface area contributed by atoms with E-state index in [2.05, 4.69) is 114 Å². The van der Waals surface area contributed by atoms with Crippen LogP contribution in [0.25, 0.3) is 113 Å². The van der Waals surface area contributed by atoms with Crippen molar-refractivity contribution in [2.75, 3.05) is 0 Å². The van der Waals surface area contributed by atoms with Crippen LogP contribution >= 0.6 is 0 Å². The van der Waals surface area contributed by atoms with Crippen LogP contribution in [0.4, 0.5) is 0 Å². The second-order valence-electron chi connectivity index (χ2n) is 19.6. The topological polar surface area (TPSA) is 90.5 Å². The molecule has 11 aromatic rings. The standard InChI is InChI=1S/C62H50N6O/c1-61(2,3)43-35-49(45-31-19-21-33-47(45)59-65-55(39-23-11-7-12-24-39)63-56(66-59)40-25-13-8-14-26-40)53-51(37-43)52-38-44(62(4,5)6)36-50(54(52)69-53)46-32-20-22-34-48(46)60-67-57(41-27-15-9-16-28-41)64-58(68-60)42-29-17-10-18-30-42/h7-38H,1-6H3. The Morgan fingerprint density at radius 1 is 0.275 bits per heavy atom. The van der Waals surface area contributed by atoms with Crippen molar-refractivity contribution in [2.45, 2.75) is 52.4 Å². The summed E-state index contributed by atoms with van der Waals surface area (Å²) in [6.07, 6.45) is 0. The smallest absolute Gasteiger partial charge is 0.164 e. The Kier molecular flexibility index (Phi) is 10.8. The van der Waals surface area contributed by atoms with Crippen LogP contribution in [0.3, 0.4) is 0 Å². The molecular formula is C62H50N6O. The van der Waals surface area contributed by atoms with Crippen LogP contribution in [-0.4, -0.2) is 29.9 Å². The highest BCUT2D eigenvalue weighted by Crippen LogP contribution is 2.47. The molecule has 334 valence electrons. The summed E-state index contributed by atoms with van der Waals surface area (Å²) in [6, 6.07) is 66.4. The van der Waals surface area contributed by atoms with Crippen LogP contribution in [0.5, 0.6) is 0 Å². The zero-order chi connectivity index (χ0) is 47.3. The second-order valence-corrected chi connectivity index (χ2v) is 19.6. The van der Waals surface area contributed by atoms with Gasteiger partial charge in [0.15, 0.2) is 34.9 Å². The summed E-state index contributed by atoms with van der Waals surface area (Å²) < 4.78 is 7.41. The van der Waals surface area contributed by atoms with Gasteiger partial charge in [-0.05, 0) is 57.3 Å². The molecule has 0 atom stereocenters. The highest BCUT2D eigenvalue weighted by atomic mass is 16.3. The monoisotopic (exact) mass is 894 g/mol. The van der Waals surface area contributed by atoms with Gasteiger partial charge in [-0.1, -0.05) is 211 Å². The summed E-state index contributed by atoms with van der Waals surface area (Å²) in [5.74, 6) is 3.58. The van der Waals surface area contributed by atoms with Crippen LogP contribution in [-0.2, 0) is 10.8 Å². The average molecular weight is 895 g/mol. The number of hydrogen-bond donors (Lipinski definition) is 0. The normalized spacial score (nSPS) is 11.9. The Hall–Kier alpha value is -8.42. The molecule has 0 aliphatic rings. The predicted octanol–water partition coefficient (Wildman–Crippen LogP) is 15.9. The number of aromatic nitrogens is 6. The van der Waals surface area contributed by atoms with Gasteiger partial charge in [-0.25, -0.2) is 29.9 Å². The lowest BCUT2D eigenvalue weighted by atomic mass is 9.82. The molecule has 0 bridgehead atoms. The van der Waals surface area contributed by atoms with Gasteiger partial charge in [0.25, 0.3) is 0 Å². The van der Waals surface area contributed by atoms with Gasteiger partial charge >= 0.3 is 0 Å². The SMILES string of the molecule is CC(C)(C)c1cc(-c2ccccc2-c2nc(-c3ccccc3)nc(-c3ccccc3)n2)c2oc3c(-c4ccccc4-c4nc(-c5ccccc5)nc(-c5ccccc5)n4)cc(C(C)(C)C)cc3c2c1. The molecule has 3 heterocycles. The minimum absolute atomic E-state index is 0.196. The number of nitrogens with zero attached hydrogens (tertiary/aromatic N) is 6. The molecule has 0 saturated heterocycles. The lowest BCUT2D eigenvalue weighted by Crippen LogP contribution is -2.11. The quantitative estimate of drug-likeness (QED) is 0.150. The Labute approximate surface area is 402 Å². The zero-order valence-corrected chi connectivity index (χ0v) is 39.6. The molecule has 0 spiro atoms. The molecule has 3 aromatic heterocycles. The fourth-order valence-corrected chi connectivity index (χ4v) is 8.93. The molecule has 7 nitrogen and oxygen atoms in total. The molecule has 69 heavy (non-hydrogen) atoms. The van der Waals surface area contributed by atoms with Gasteiger partial charge in [-0.3, -0.25) is 0 Å². The molecule has 8 aromatic carbocycles. The summed E-state index contributed by atoms with van der Waals surface area (Å²) in [4.78, 5) is 30.8. The number of rotatable bonds is 8. The predicted molar refractivity (Wildman–Crippen MR) is 281 cm³/mol. The molecule has 11 rings (SSSR count). The third-order valence-corrected chi connectivity index (χ3v) is 12.7. The van der Waals surface area contributed by atoms with E-state index < -0.39 is 0 Å². The van der Waals surface area contributed by atoms with Gasteiger partial charge in [0, 0.05) is 55.3 Å². The Morgan fingerprint density at radius 3 is 0.826 bits per heavy atom. The van der Waals surface area contributed by atoms with E-state index in [1.807, 2.05) is 121 Å². The number of furan rings is 1. The van der Waals surface area contributed by atoms with E-state index in [1.54, 1.807) is 0 Å². The van der Waals surface area contributed by atoms with E-state index in [9.17, 15) is 0 Å². The summed E-state index contributed by atoms with van der Waals surface area (Å²) in [7, 11) is 0. The first kappa shape index (κ1) is 43.2. The zero-order valence-electron chi connectivity index (χ0n) is 39.6. The van der Waals surface area contributed by atoms with Crippen LogP contribution in [0.2, 0.25) is 0 Å². The van der Waals surface area contributed by atoms with E-state index in [-0.39, 0.29) is 10.8 Å². The molecule has 0 saturated carbocycles. The highest BCUT2D eigenvalue weighted by molar-refractivity contribution is 6.15. The lowest BCUT2D eigenvalue weighted by Gasteiger charge is -2.22. The maximum absolute atomic E-state index is 7.41. The first-order valence-electron chi connectivity index (χ1n) is 23.4. The van der Waals surface area contributed by atoms with Crippen LogP contribution in [0.15, 0.2) is 199 Å². The highest BCUT2D eigenvalue weighted by Gasteiger charge is 2.27. The molecule has 0 unspecified atom stereocenters. The van der Waals surface area contributed by atoms with E-state index in [0.29, 0.717) is 34.9 Å². The summed E-state index contributed by atoms with van der Waals surface area (Å²) in [5, 5.41) is 2.08. The van der Waals surface area contributed by atoms with Gasteiger partial charge < -0.3 is 4.42 Å². The minimum Gasteiger partial charge on any atom is -0.455 e. The van der Waals surface area contributed by atoms with E-state index >= 15 is 0 Å². The molecule has 0 radical (unpaired) electrons. The van der Waals surface area contributed by atoms with Crippen molar-refractivity contribution < 1.29 is 4.42 Å².